The molecule has 79 heavy (non-hydrogen) atoms. The summed E-state index contributed by atoms with van der Waals surface area (Å²) in [7, 11) is 0. The van der Waals surface area contributed by atoms with E-state index in [-0.39, 0.29) is 55.6 Å². The highest BCUT2D eigenvalue weighted by molar-refractivity contribution is 5.97. The molecule has 0 amide bonds. The Hall–Kier alpha value is -5.62. The summed E-state index contributed by atoms with van der Waals surface area (Å²) in [4.78, 5) is 77.3. The summed E-state index contributed by atoms with van der Waals surface area (Å²) >= 11 is 0. The second kappa shape index (κ2) is 35.2. The van der Waals surface area contributed by atoms with Crippen molar-refractivity contribution >= 4 is 40.8 Å². The van der Waals surface area contributed by atoms with E-state index < -0.39 is 153 Å². The first kappa shape index (κ1) is 67.7. The number of allylic oxidation sites excluding steroid dienone is 12. The van der Waals surface area contributed by atoms with Crippen molar-refractivity contribution in [3.8, 4) is 0 Å². The van der Waals surface area contributed by atoms with Gasteiger partial charge in [-0.05, 0) is 68.7 Å². The van der Waals surface area contributed by atoms with Crippen LogP contribution >= 0.6 is 0 Å². The zero-order chi connectivity index (χ0) is 58.8. The highest BCUT2D eigenvalue weighted by Crippen LogP contribution is 2.29. The van der Waals surface area contributed by atoms with Crippen LogP contribution in [0.1, 0.15) is 115 Å². The van der Waals surface area contributed by atoms with Gasteiger partial charge in [0, 0.05) is 62.1 Å². The van der Waals surface area contributed by atoms with Crippen LogP contribution in [0.2, 0.25) is 0 Å². The molecule has 438 valence electrons. The van der Waals surface area contributed by atoms with Crippen molar-refractivity contribution in [3.05, 3.63) is 115 Å². The third-order valence-corrected chi connectivity index (χ3v) is 13.8. The molecule has 20 heteroatoms. The van der Waals surface area contributed by atoms with Crippen molar-refractivity contribution < 1.29 is 88.9 Å². The highest BCUT2D eigenvalue weighted by atomic mass is 16.7. The van der Waals surface area contributed by atoms with Crippen molar-refractivity contribution in [2.45, 2.75) is 184 Å². The van der Waals surface area contributed by atoms with Gasteiger partial charge >= 0.3 is 11.9 Å². The topological polar surface area (TPSA) is 364 Å². The Morgan fingerprint density at radius 1 is 0.684 bits per heavy atom. The molecular weight excluding hydrogens is 1020 g/mol. The summed E-state index contributed by atoms with van der Waals surface area (Å²) in [5, 5.41) is 96.0. The number of ketones is 4. The van der Waals surface area contributed by atoms with Gasteiger partial charge in [-0.2, -0.15) is 0 Å². The van der Waals surface area contributed by atoms with Crippen LogP contribution in [0.15, 0.2) is 109 Å². The van der Waals surface area contributed by atoms with E-state index in [1.54, 1.807) is 98.0 Å². The van der Waals surface area contributed by atoms with Crippen LogP contribution in [0.25, 0.3) is 0 Å². The van der Waals surface area contributed by atoms with E-state index in [1.165, 1.54) is 19.1 Å². The van der Waals surface area contributed by atoms with Crippen molar-refractivity contribution in [2.24, 2.45) is 29.4 Å². The summed E-state index contributed by atoms with van der Waals surface area (Å²) < 4.78 is 17.5. The second-order valence-corrected chi connectivity index (χ2v) is 20.9. The molecule has 0 saturated carbocycles. The van der Waals surface area contributed by atoms with E-state index in [0.717, 1.165) is 0 Å². The fourth-order valence-corrected chi connectivity index (χ4v) is 9.37. The minimum absolute atomic E-state index is 0.0615. The molecule has 0 spiro atoms. The lowest BCUT2D eigenvalue weighted by atomic mass is 9.83. The lowest BCUT2D eigenvalue weighted by Gasteiger charge is -2.41. The van der Waals surface area contributed by atoms with Crippen molar-refractivity contribution in [1.82, 2.24) is 0 Å². The van der Waals surface area contributed by atoms with Gasteiger partial charge in [-0.25, -0.2) is 0 Å². The Kier molecular flexibility index (Phi) is 30.1. The number of benzene rings is 1. The number of nitrogens with two attached hydrogens (primary N) is 2. The fraction of sp³-hybridized carbons (Fsp3) is 0.559. The van der Waals surface area contributed by atoms with Crippen molar-refractivity contribution in [1.29, 1.82) is 0 Å². The molecule has 0 aromatic heterocycles. The first-order chi connectivity index (χ1) is 37.4. The number of carboxylic acid groups (broad SMARTS) is 1. The van der Waals surface area contributed by atoms with Gasteiger partial charge in [0.1, 0.15) is 41.9 Å². The predicted molar refractivity (Wildman–Crippen MR) is 293 cm³/mol. The molecule has 20 nitrogen and oxygen atoms in total. The zero-order valence-corrected chi connectivity index (χ0v) is 45.5. The monoisotopic (exact) mass is 1110 g/mol. The van der Waals surface area contributed by atoms with Gasteiger partial charge in [-0.15, -0.1) is 0 Å². The lowest BCUT2D eigenvalue weighted by molar-refractivity contribution is -0.277. The van der Waals surface area contributed by atoms with E-state index in [9.17, 15) is 74.7 Å². The molecule has 0 bridgehead atoms. The van der Waals surface area contributed by atoms with Crippen LogP contribution in [-0.4, -0.2) is 161 Å². The standard InChI is InChI=1S/C59H84N2O18/c1-35-18-15-13-11-9-7-5-6-8-10-12-14-16-21-47(78-59-56(74)54(61)55(73)38(4)77-59)33-51(71)53(58(75)76)50(70)31-46(67)30-45(66)29-44(65)28-43(64)27-41(62)19-17-20-42(63)32-52(72)79-57(35)37(3)26-36(2)48(68)34-49(69)39-22-24-40(60)25-23-39/h5-16,18,21-25,35-38,43-45,47-48,50-51,53-57,59,64-66,68,70-71,73-74H,17,19-20,26-34,60-61H2,1-4H3,(H,75,76)/b6-5+,9-7+,10-8+,13-11+,14-12+,18-15+,21-16+/t35?,36?,37?,38-,43?,44?,45?,47?,48?,50?,51?,53?,54+,55-,56+,57?,59?/m0/s1. The second-order valence-electron chi connectivity index (χ2n) is 20.9. The number of carbonyl (C=O) groups is 6. The van der Waals surface area contributed by atoms with Crippen molar-refractivity contribution in [2.75, 3.05) is 5.73 Å². The number of cyclic esters (lactones) is 1. The maximum absolute atomic E-state index is 13.3. The molecule has 3 rings (SSSR count). The molecule has 1 saturated heterocycles. The van der Waals surface area contributed by atoms with Gasteiger partial charge in [0.05, 0.1) is 61.0 Å². The average molecular weight is 1110 g/mol. The number of carboxylic acids is 1. The summed E-state index contributed by atoms with van der Waals surface area (Å²) in [5.74, 6) is -7.43. The molecule has 13 unspecified atom stereocenters. The normalized spacial score (nSPS) is 34.7. The number of esters is 1. The third-order valence-electron chi connectivity index (χ3n) is 13.8. The number of ether oxygens (including phenoxy) is 3. The van der Waals surface area contributed by atoms with Gasteiger partial charge in [0.15, 0.2) is 12.1 Å². The minimum Gasteiger partial charge on any atom is -0.481 e. The van der Waals surface area contributed by atoms with Crippen molar-refractivity contribution in [3.63, 3.8) is 0 Å². The van der Waals surface area contributed by atoms with Gasteiger partial charge in [-0.1, -0.05) is 106 Å². The number of anilines is 1. The molecule has 0 aliphatic carbocycles. The smallest absolute Gasteiger partial charge is 0.313 e. The zero-order valence-electron chi connectivity index (χ0n) is 45.5. The van der Waals surface area contributed by atoms with Crippen LogP contribution < -0.4 is 11.5 Å². The molecule has 2 aliphatic heterocycles. The van der Waals surface area contributed by atoms with Crippen LogP contribution in [0, 0.1) is 23.7 Å². The highest BCUT2D eigenvalue weighted by Gasteiger charge is 2.43. The molecule has 1 aromatic rings. The Morgan fingerprint density at radius 2 is 1.22 bits per heavy atom. The van der Waals surface area contributed by atoms with E-state index in [0.29, 0.717) is 17.7 Å². The van der Waals surface area contributed by atoms with E-state index >= 15 is 0 Å². The number of Topliss-reactive ketones (excluding diaryl/α,β-unsaturated/α-hetero) is 4. The minimum atomic E-state index is -1.95. The number of aliphatic carboxylic acids is 1. The Balaban J connectivity index is 1.83. The summed E-state index contributed by atoms with van der Waals surface area (Å²) in [6.07, 6.45) is 4.21. The molecule has 13 N–H and O–H groups in total. The number of hydrogen-bond acceptors (Lipinski definition) is 19. The number of carbonyl (C=O) groups excluding carboxylic acids is 5. The molecule has 17 atom stereocenters. The summed E-state index contributed by atoms with van der Waals surface area (Å²) in [5.41, 5.74) is 12.7. The van der Waals surface area contributed by atoms with E-state index in [2.05, 4.69) is 0 Å². The van der Waals surface area contributed by atoms with Gasteiger partial charge in [0.2, 0.25) is 0 Å². The van der Waals surface area contributed by atoms with Crippen LogP contribution in [0.5, 0.6) is 0 Å². The Bertz CT molecular complexity index is 2310. The fourth-order valence-electron chi connectivity index (χ4n) is 9.37. The molecular formula is C59H84N2O18. The maximum Gasteiger partial charge on any atom is 0.313 e. The Morgan fingerprint density at radius 3 is 1.78 bits per heavy atom. The third kappa shape index (κ3) is 25.2. The quantitative estimate of drug-likeness (QED) is 0.0690. The van der Waals surface area contributed by atoms with Gasteiger partial charge in [-0.3, -0.25) is 28.8 Å². The average Bonchev–Trinajstić information content (AvgIpc) is 3.36. The number of hydrogen-bond donors (Lipinski definition) is 11. The largest absolute Gasteiger partial charge is 0.481 e. The number of nitrogen functional groups attached to an aromatic ring is 1. The molecule has 0 radical (unpaired) electrons. The lowest BCUT2D eigenvalue weighted by Crippen LogP contribution is -2.61. The van der Waals surface area contributed by atoms with E-state index in [4.69, 9.17) is 25.7 Å². The first-order valence-electron chi connectivity index (χ1n) is 26.9. The SMILES string of the molecule is CC1/C=C/C=C/C=C/C=C/C=C/C=C/C=C/C(OC2O[C@@H](C)[C@H](O)[C@@H](N)[C@H]2O)CC(O)C(C(=O)O)C(O)CC(=O)CC(O)CC(O)CC(O)CC(=O)CCCC(=O)CC(=O)OC1C(C)CC(C)C(O)CC(=O)c1ccc(N)cc1. The first-order valence-corrected chi connectivity index (χ1v) is 26.9. The van der Waals surface area contributed by atoms with Crippen LogP contribution in [0.3, 0.4) is 0 Å². The number of aliphatic hydroxyl groups excluding tert-OH is 8. The molecule has 1 fully saturated rings. The molecule has 1 aromatic carbocycles. The number of rotatable bonds is 10. The number of aliphatic hydroxyl groups is 8. The maximum atomic E-state index is 13.3. The van der Waals surface area contributed by atoms with E-state index in [1.807, 2.05) is 19.9 Å². The summed E-state index contributed by atoms with van der Waals surface area (Å²) in [6.45, 7) is 7.02. The predicted octanol–water partition coefficient (Wildman–Crippen LogP) is 3.61. The van der Waals surface area contributed by atoms with Gasteiger partial charge in [0.25, 0.3) is 0 Å². The Labute approximate surface area is 462 Å². The molecule has 2 aliphatic rings. The summed E-state index contributed by atoms with van der Waals surface area (Å²) in [6, 6.07) is 5.24. The van der Waals surface area contributed by atoms with Crippen LogP contribution in [0.4, 0.5) is 5.69 Å². The van der Waals surface area contributed by atoms with Crippen LogP contribution in [-0.2, 0) is 38.2 Å². The molecule has 2 heterocycles. The van der Waals surface area contributed by atoms with Gasteiger partial charge < -0.3 is 71.6 Å².